The molecule has 98 valence electrons. The van der Waals surface area contributed by atoms with Crippen molar-refractivity contribution in [1.82, 2.24) is 10.6 Å². The van der Waals surface area contributed by atoms with Crippen molar-refractivity contribution in [2.45, 2.75) is 69.6 Å². The third-order valence-corrected chi connectivity index (χ3v) is 3.93. The number of nitrogens with one attached hydrogen (secondary N) is 2. The summed E-state index contributed by atoms with van der Waals surface area (Å²) in [6, 6.07) is -0.0760. The predicted octanol–water partition coefficient (Wildman–Crippen LogP) is 0.938. The van der Waals surface area contributed by atoms with Crippen LogP contribution in [0.25, 0.3) is 0 Å². The van der Waals surface area contributed by atoms with E-state index in [0.717, 1.165) is 51.5 Å². The lowest BCUT2D eigenvalue weighted by Gasteiger charge is -2.29. The average molecular weight is 240 g/mol. The van der Waals surface area contributed by atoms with Crippen LogP contribution >= 0.6 is 0 Å². The Morgan fingerprint density at radius 1 is 1.06 bits per heavy atom. The zero-order valence-corrected chi connectivity index (χ0v) is 10.5. The number of rotatable bonds is 2. The number of hydrogen-bond acceptors (Lipinski definition) is 3. The van der Waals surface area contributed by atoms with Gasteiger partial charge in [0.2, 0.25) is 5.91 Å². The summed E-state index contributed by atoms with van der Waals surface area (Å²) in [7, 11) is 0. The molecule has 1 unspecified atom stereocenters. The summed E-state index contributed by atoms with van der Waals surface area (Å²) < 4.78 is 0. The Morgan fingerprint density at radius 3 is 2.65 bits per heavy atom. The quantitative estimate of drug-likeness (QED) is 0.673. The van der Waals surface area contributed by atoms with Crippen LogP contribution < -0.4 is 10.6 Å². The van der Waals surface area contributed by atoms with Crippen LogP contribution in [0.3, 0.4) is 0 Å². The molecule has 17 heavy (non-hydrogen) atoms. The Morgan fingerprint density at radius 2 is 1.82 bits per heavy atom. The zero-order valence-electron chi connectivity index (χ0n) is 10.5. The second-order valence-corrected chi connectivity index (χ2v) is 5.32. The molecule has 3 atom stereocenters. The normalized spacial score (nSPS) is 35.0. The van der Waals surface area contributed by atoms with E-state index in [-0.39, 0.29) is 24.1 Å². The maximum Gasteiger partial charge on any atom is 0.237 e. The Hall–Kier alpha value is -0.610. The minimum absolute atomic E-state index is 0.0266. The lowest BCUT2D eigenvalue weighted by Crippen LogP contribution is -2.51. The van der Waals surface area contributed by atoms with Crippen LogP contribution in [0.2, 0.25) is 0 Å². The summed E-state index contributed by atoms with van der Waals surface area (Å²) in [4.78, 5) is 12.1. The zero-order chi connectivity index (χ0) is 12.1. The summed E-state index contributed by atoms with van der Waals surface area (Å²) in [5, 5.41) is 16.1. The van der Waals surface area contributed by atoms with Crippen LogP contribution in [-0.2, 0) is 4.79 Å². The first kappa shape index (κ1) is 12.8. The van der Waals surface area contributed by atoms with Crippen molar-refractivity contribution in [1.29, 1.82) is 0 Å². The molecule has 1 saturated carbocycles. The van der Waals surface area contributed by atoms with Crippen LogP contribution in [0.5, 0.6) is 0 Å². The van der Waals surface area contributed by atoms with Crippen molar-refractivity contribution < 1.29 is 9.90 Å². The Bertz CT molecular complexity index is 250. The van der Waals surface area contributed by atoms with E-state index in [1.165, 1.54) is 6.42 Å². The van der Waals surface area contributed by atoms with Gasteiger partial charge in [-0.15, -0.1) is 0 Å². The highest BCUT2D eigenvalue weighted by Crippen LogP contribution is 2.18. The summed E-state index contributed by atoms with van der Waals surface area (Å²) in [5.41, 5.74) is 0. The fourth-order valence-electron chi connectivity index (χ4n) is 2.82. The fourth-order valence-corrected chi connectivity index (χ4v) is 2.82. The van der Waals surface area contributed by atoms with Gasteiger partial charge in [0.25, 0.3) is 0 Å². The molecule has 1 amide bonds. The Labute approximate surface area is 103 Å². The van der Waals surface area contributed by atoms with Gasteiger partial charge in [0, 0.05) is 0 Å². The molecule has 0 radical (unpaired) electrons. The molecule has 4 heteroatoms. The third kappa shape index (κ3) is 3.68. The van der Waals surface area contributed by atoms with Gasteiger partial charge in [-0.05, 0) is 32.2 Å². The third-order valence-electron chi connectivity index (χ3n) is 3.93. The first-order chi connectivity index (χ1) is 8.27. The van der Waals surface area contributed by atoms with Crippen molar-refractivity contribution in [3.8, 4) is 0 Å². The molecule has 1 heterocycles. The number of carbonyl (C=O) groups excluding carboxylic acids is 1. The van der Waals surface area contributed by atoms with Gasteiger partial charge in [0.05, 0.1) is 18.2 Å². The molecule has 1 aliphatic heterocycles. The van der Waals surface area contributed by atoms with Crippen LogP contribution in [0.1, 0.15) is 51.4 Å². The molecule has 4 nitrogen and oxygen atoms in total. The van der Waals surface area contributed by atoms with Crippen LogP contribution in [-0.4, -0.2) is 35.7 Å². The van der Waals surface area contributed by atoms with Gasteiger partial charge in [0.15, 0.2) is 0 Å². The van der Waals surface area contributed by atoms with Crippen molar-refractivity contribution in [3.63, 3.8) is 0 Å². The SMILES string of the molecule is O=C(N[C@@H]1CCCC[C@H]1O)C1CCCCCN1. The average Bonchev–Trinajstić information content (AvgIpc) is 2.61. The van der Waals surface area contributed by atoms with E-state index in [0.29, 0.717) is 0 Å². The van der Waals surface area contributed by atoms with Crippen molar-refractivity contribution >= 4 is 5.91 Å². The molecule has 0 bridgehead atoms. The highest BCUT2D eigenvalue weighted by atomic mass is 16.3. The topological polar surface area (TPSA) is 61.4 Å². The largest absolute Gasteiger partial charge is 0.391 e. The minimum atomic E-state index is -0.349. The highest BCUT2D eigenvalue weighted by molar-refractivity contribution is 5.82. The summed E-state index contributed by atoms with van der Waals surface area (Å²) in [6.45, 7) is 0.936. The van der Waals surface area contributed by atoms with Gasteiger partial charge in [0.1, 0.15) is 0 Å². The molecule has 2 aliphatic rings. The first-order valence-electron chi connectivity index (χ1n) is 6.99. The second kappa shape index (κ2) is 6.36. The van der Waals surface area contributed by atoms with Crippen molar-refractivity contribution in [2.24, 2.45) is 0 Å². The molecule has 0 aromatic carbocycles. The van der Waals surface area contributed by atoms with Gasteiger partial charge in [-0.3, -0.25) is 4.79 Å². The van der Waals surface area contributed by atoms with Gasteiger partial charge in [-0.1, -0.05) is 25.7 Å². The van der Waals surface area contributed by atoms with Gasteiger partial charge in [-0.25, -0.2) is 0 Å². The van der Waals surface area contributed by atoms with E-state index in [1.54, 1.807) is 0 Å². The van der Waals surface area contributed by atoms with Crippen molar-refractivity contribution in [2.75, 3.05) is 6.54 Å². The Kier molecular flexibility index (Phi) is 4.80. The van der Waals surface area contributed by atoms with Gasteiger partial charge < -0.3 is 15.7 Å². The number of aliphatic hydroxyl groups is 1. The summed E-state index contributed by atoms with van der Waals surface area (Å²) >= 11 is 0. The minimum Gasteiger partial charge on any atom is -0.391 e. The Balaban J connectivity index is 1.82. The number of carbonyl (C=O) groups is 1. The van der Waals surface area contributed by atoms with E-state index < -0.39 is 0 Å². The standard InChI is InChI=1S/C13H24N2O2/c16-12-8-4-3-6-10(12)15-13(17)11-7-2-1-5-9-14-11/h10-12,14,16H,1-9H2,(H,15,17)/t10-,11?,12-/m1/s1. The van der Waals surface area contributed by atoms with E-state index in [4.69, 9.17) is 0 Å². The summed E-state index contributed by atoms with van der Waals surface area (Å²) in [5.74, 6) is 0.0813. The predicted molar refractivity (Wildman–Crippen MR) is 66.7 cm³/mol. The number of aliphatic hydroxyl groups excluding tert-OH is 1. The molecule has 1 saturated heterocycles. The van der Waals surface area contributed by atoms with Gasteiger partial charge in [-0.2, -0.15) is 0 Å². The number of hydrogen-bond donors (Lipinski definition) is 3. The molecule has 0 aromatic rings. The van der Waals surface area contributed by atoms with Crippen LogP contribution in [0.15, 0.2) is 0 Å². The number of amides is 1. The lowest BCUT2D eigenvalue weighted by atomic mass is 9.92. The fraction of sp³-hybridized carbons (Fsp3) is 0.923. The molecule has 3 N–H and O–H groups in total. The van der Waals surface area contributed by atoms with E-state index in [9.17, 15) is 9.90 Å². The summed E-state index contributed by atoms with van der Waals surface area (Å²) in [6.07, 6.45) is 8.00. The van der Waals surface area contributed by atoms with Crippen LogP contribution in [0, 0.1) is 0 Å². The monoisotopic (exact) mass is 240 g/mol. The maximum absolute atomic E-state index is 12.1. The maximum atomic E-state index is 12.1. The molecule has 0 aromatic heterocycles. The molecule has 0 spiro atoms. The second-order valence-electron chi connectivity index (χ2n) is 5.32. The van der Waals surface area contributed by atoms with E-state index in [2.05, 4.69) is 10.6 Å². The molecule has 1 aliphatic carbocycles. The molecule has 2 rings (SSSR count). The van der Waals surface area contributed by atoms with E-state index >= 15 is 0 Å². The molecule has 2 fully saturated rings. The molecular weight excluding hydrogens is 216 g/mol. The van der Waals surface area contributed by atoms with E-state index in [1.807, 2.05) is 0 Å². The first-order valence-corrected chi connectivity index (χ1v) is 6.99. The lowest BCUT2D eigenvalue weighted by molar-refractivity contribution is -0.125. The van der Waals surface area contributed by atoms with Crippen molar-refractivity contribution in [3.05, 3.63) is 0 Å². The molecular formula is C13H24N2O2. The smallest absolute Gasteiger partial charge is 0.237 e. The van der Waals surface area contributed by atoms with Crippen LogP contribution in [0.4, 0.5) is 0 Å². The van der Waals surface area contributed by atoms with Gasteiger partial charge >= 0.3 is 0 Å². The highest BCUT2D eigenvalue weighted by Gasteiger charge is 2.27.